The molecule has 0 unspecified atom stereocenters. The molecule has 1 aliphatic heterocycles. The number of amidine groups is 1. The maximum Gasteiger partial charge on any atom is 0.267 e. The van der Waals surface area contributed by atoms with Crippen LogP contribution in [0.4, 0.5) is 0 Å². The van der Waals surface area contributed by atoms with Crippen molar-refractivity contribution in [3.8, 4) is 11.5 Å². The van der Waals surface area contributed by atoms with Gasteiger partial charge in [-0.1, -0.05) is 73.3 Å². The van der Waals surface area contributed by atoms with E-state index in [1.54, 1.807) is 18.1 Å². The molecule has 0 spiro atoms. The topological polar surface area (TPSA) is 51.1 Å². The molecular weight excluding hydrogens is 571 g/mol. The van der Waals surface area contributed by atoms with E-state index in [-0.39, 0.29) is 5.91 Å². The molecular formula is C28H25IN2O3S. The van der Waals surface area contributed by atoms with E-state index in [9.17, 15) is 4.79 Å². The number of amides is 1. The summed E-state index contributed by atoms with van der Waals surface area (Å²) in [4.78, 5) is 20.6. The Hall–Kier alpha value is -3.04. The van der Waals surface area contributed by atoms with Gasteiger partial charge >= 0.3 is 0 Å². The third kappa shape index (κ3) is 6.35. The molecule has 0 N–H and O–H groups in total. The van der Waals surface area contributed by atoms with Crippen molar-refractivity contribution in [1.29, 1.82) is 0 Å². The molecule has 1 amide bonds. The van der Waals surface area contributed by atoms with Gasteiger partial charge < -0.3 is 9.47 Å². The minimum Gasteiger partial charge on any atom is -0.493 e. The molecule has 1 aliphatic rings. The summed E-state index contributed by atoms with van der Waals surface area (Å²) >= 11 is 3.61. The fourth-order valence-corrected chi connectivity index (χ4v) is 5.29. The molecule has 1 saturated heterocycles. The molecule has 35 heavy (non-hydrogen) atoms. The molecule has 1 fully saturated rings. The first-order chi connectivity index (χ1) is 17.1. The third-order valence-corrected chi connectivity index (χ3v) is 7.05. The average molecular weight is 596 g/mol. The lowest BCUT2D eigenvalue weighted by atomic mass is 10.1. The maximum absolute atomic E-state index is 13.5. The third-order valence-electron chi connectivity index (χ3n) is 5.21. The number of thioether (sulfide) groups is 1. The van der Waals surface area contributed by atoms with Gasteiger partial charge in [-0.15, -0.1) is 0 Å². The van der Waals surface area contributed by atoms with Gasteiger partial charge in [-0.25, -0.2) is 0 Å². The lowest BCUT2D eigenvalue weighted by Crippen LogP contribution is -2.28. The van der Waals surface area contributed by atoms with Crippen LogP contribution < -0.4 is 9.47 Å². The Balaban J connectivity index is 1.65. The Morgan fingerprint density at radius 3 is 2.40 bits per heavy atom. The highest BCUT2D eigenvalue weighted by Crippen LogP contribution is 2.38. The zero-order valence-electron chi connectivity index (χ0n) is 19.3. The quantitative estimate of drug-likeness (QED) is 0.160. The van der Waals surface area contributed by atoms with Crippen LogP contribution in [0.1, 0.15) is 16.7 Å². The van der Waals surface area contributed by atoms with Crippen molar-refractivity contribution in [3.05, 3.63) is 111 Å². The van der Waals surface area contributed by atoms with E-state index >= 15 is 0 Å². The number of rotatable bonds is 9. The van der Waals surface area contributed by atoms with E-state index in [0.29, 0.717) is 41.3 Å². The van der Waals surface area contributed by atoms with E-state index in [1.165, 1.54) is 11.8 Å². The Morgan fingerprint density at radius 1 is 1.06 bits per heavy atom. The Bertz CT molecular complexity index is 1260. The number of halogens is 1. The van der Waals surface area contributed by atoms with Gasteiger partial charge in [0.2, 0.25) is 0 Å². The molecule has 1 heterocycles. The number of carbonyl (C=O) groups is 1. The van der Waals surface area contributed by atoms with Crippen molar-refractivity contribution in [3.63, 3.8) is 0 Å². The number of carbonyl (C=O) groups excluding carboxylic acids is 1. The van der Waals surface area contributed by atoms with Gasteiger partial charge in [0, 0.05) is 0 Å². The molecule has 3 aromatic carbocycles. The number of ether oxygens (including phenoxy) is 2. The highest BCUT2D eigenvalue weighted by Gasteiger charge is 2.33. The molecule has 4 rings (SSSR count). The number of benzene rings is 3. The zero-order valence-corrected chi connectivity index (χ0v) is 22.3. The molecule has 0 bridgehead atoms. The predicted molar refractivity (Wildman–Crippen MR) is 152 cm³/mol. The second-order valence-electron chi connectivity index (χ2n) is 7.71. The van der Waals surface area contributed by atoms with Crippen molar-refractivity contribution in [2.24, 2.45) is 4.99 Å². The number of hydrogen-bond donors (Lipinski definition) is 0. The highest BCUT2D eigenvalue weighted by molar-refractivity contribution is 14.1. The van der Waals surface area contributed by atoms with Crippen molar-refractivity contribution in [2.45, 2.75) is 13.1 Å². The summed E-state index contributed by atoms with van der Waals surface area (Å²) in [5.74, 6) is 1.21. The van der Waals surface area contributed by atoms with Crippen LogP contribution in [-0.4, -0.2) is 29.7 Å². The summed E-state index contributed by atoms with van der Waals surface area (Å²) in [6.45, 7) is 5.06. The van der Waals surface area contributed by atoms with Gasteiger partial charge in [0.15, 0.2) is 16.7 Å². The van der Waals surface area contributed by atoms with Gasteiger partial charge in [-0.05, 0) is 69.3 Å². The monoisotopic (exact) mass is 596 g/mol. The predicted octanol–water partition coefficient (Wildman–Crippen LogP) is 6.54. The van der Waals surface area contributed by atoms with Crippen molar-refractivity contribution >= 4 is 51.5 Å². The van der Waals surface area contributed by atoms with Crippen LogP contribution in [0.5, 0.6) is 11.5 Å². The number of methoxy groups -OCH3 is 1. The van der Waals surface area contributed by atoms with E-state index in [0.717, 1.165) is 20.3 Å². The first-order valence-electron chi connectivity index (χ1n) is 11.0. The Labute approximate surface area is 223 Å². The molecule has 0 atom stereocenters. The van der Waals surface area contributed by atoms with Crippen molar-refractivity contribution < 1.29 is 14.3 Å². The van der Waals surface area contributed by atoms with Gasteiger partial charge in [-0.3, -0.25) is 14.7 Å². The Kier molecular flexibility index (Phi) is 8.65. The normalized spacial score (nSPS) is 15.6. The summed E-state index contributed by atoms with van der Waals surface area (Å²) in [7, 11) is 1.61. The lowest BCUT2D eigenvalue weighted by molar-refractivity contribution is -0.122. The van der Waals surface area contributed by atoms with Crippen LogP contribution in [0, 0.1) is 3.57 Å². The average Bonchev–Trinajstić information content (AvgIpc) is 3.17. The van der Waals surface area contributed by atoms with Crippen LogP contribution in [-0.2, 0) is 17.9 Å². The van der Waals surface area contributed by atoms with E-state index < -0.39 is 0 Å². The highest BCUT2D eigenvalue weighted by atomic mass is 127. The fourth-order valence-electron chi connectivity index (χ4n) is 3.53. The van der Waals surface area contributed by atoms with Gasteiger partial charge in [0.25, 0.3) is 5.91 Å². The van der Waals surface area contributed by atoms with Gasteiger partial charge in [0.05, 0.1) is 28.7 Å². The molecule has 0 radical (unpaired) electrons. The molecule has 3 aromatic rings. The minimum absolute atomic E-state index is 0.0633. The SMILES string of the molecule is C=CCOc1c(I)cc(/C=C2\SC(=NCc3ccccc3)N(Cc3ccccc3)C2=O)cc1OC. The van der Waals surface area contributed by atoms with Crippen LogP contribution in [0.25, 0.3) is 6.08 Å². The lowest BCUT2D eigenvalue weighted by Gasteiger charge is -2.15. The number of hydrogen-bond acceptors (Lipinski definition) is 5. The summed E-state index contributed by atoms with van der Waals surface area (Å²) in [5, 5.41) is 0.696. The van der Waals surface area contributed by atoms with Crippen molar-refractivity contribution in [2.75, 3.05) is 13.7 Å². The molecule has 178 valence electrons. The number of nitrogens with zero attached hydrogens (tertiary/aromatic N) is 2. The summed E-state index contributed by atoms with van der Waals surface area (Å²) < 4.78 is 12.2. The van der Waals surface area contributed by atoms with Gasteiger partial charge in [0.1, 0.15) is 6.61 Å². The first-order valence-corrected chi connectivity index (χ1v) is 12.9. The molecule has 7 heteroatoms. The fraction of sp³-hybridized carbons (Fsp3) is 0.143. The van der Waals surface area contributed by atoms with Crippen LogP contribution in [0.3, 0.4) is 0 Å². The second kappa shape index (κ2) is 12.1. The standard InChI is InChI=1S/C28H25IN2O3S/c1-3-14-34-26-23(29)15-22(16-24(26)33-2)17-25-27(32)31(19-21-12-8-5-9-13-21)28(35-25)30-18-20-10-6-4-7-11-20/h3-13,15-17H,1,14,18-19H2,2H3/b25-17-,30-28?. The zero-order chi connectivity index (χ0) is 24.6. The molecule has 0 saturated carbocycles. The summed E-state index contributed by atoms with van der Waals surface area (Å²) in [6.07, 6.45) is 3.58. The summed E-state index contributed by atoms with van der Waals surface area (Å²) in [5.41, 5.74) is 3.01. The molecule has 0 aliphatic carbocycles. The smallest absolute Gasteiger partial charge is 0.267 e. The van der Waals surface area contributed by atoms with E-state index in [1.807, 2.05) is 78.9 Å². The van der Waals surface area contributed by atoms with Crippen LogP contribution in [0.2, 0.25) is 0 Å². The van der Waals surface area contributed by atoms with Crippen molar-refractivity contribution in [1.82, 2.24) is 4.90 Å². The van der Waals surface area contributed by atoms with E-state index in [2.05, 4.69) is 29.2 Å². The number of aliphatic imine (C=N–C) groups is 1. The maximum atomic E-state index is 13.5. The second-order valence-corrected chi connectivity index (χ2v) is 9.88. The first kappa shape index (κ1) is 25.1. The minimum atomic E-state index is -0.0633. The van der Waals surface area contributed by atoms with Gasteiger partial charge in [-0.2, -0.15) is 0 Å². The molecule has 0 aromatic heterocycles. The largest absolute Gasteiger partial charge is 0.493 e. The van der Waals surface area contributed by atoms with E-state index in [4.69, 9.17) is 14.5 Å². The molecule has 5 nitrogen and oxygen atoms in total. The van der Waals surface area contributed by atoms with Crippen LogP contribution in [0.15, 0.2) is 95.3 Å². The Morgan fingerprint density at radius 2 is 1.74 bits per heavy atom. The van der Waals surface area contributed by atoms with Crippen LogP contribution >= 0.6 is 34.4 Å². The summed E-state index contributed by atoms with van der Waals surface area (Å²) in [6, 6.07) is 23.9.